The number of nitrogens with zero attached hydrogens (tertiary/aromatic N) is 2. The number of carbonyl (C=O) groups is 3. The maximum Gasteiger partial charge on any atom is 0.256 e. The van der Waals surface area contributed by atoms with Crippen molar-refractivity contribution in [2.75, 3.05) is 32.1 Å². The molecule has 0 aromatic heterocycles. The lowest BCUT2D eigenvalue weighted by Gasteiger charge is -2.32. The third-order valence-electron chi connectivity index (χ3n) is 8.96. The fourth-order valence-electron chi connectivity index (χ4n) is 6.80. The molecule has 1 saturated carbocycles. The van der Waals surface area contributed by atoms with Gasteiger partial charge in [0.2, 0.25) is 5.91 Å². The lowest BCUT2D eigenvalue weighted by atomic mass is 9.81. The fourth-order valence-corrected chi connectivity index (χ4v) is 6.80. The molecule has 5 aliphatic rings. The number of aliphatic imine (C=N–C) groups is 1. The van der Waals surface area contributed by atoms with Gasteiger partial charge in [-0.3, -0.25) is 19.4 Å². The number of amides is 2. The molecule has 0 radical (unpaired) electrons. The van der Waals surface area contributed by atoms with Gasteiger partial charge in [0.1, 0.15) is 0 Å². The lowest BCUT2D eigenvalue weighted by Crippen LogP contribution is -2.43. The summed E-state index contributed by atoms with van der Waals surface area (Å²) in [6.07, 6.45) is 8.41. The number of carbonyl (C=O) groups excluding carboxylic acids is 3. The van der Waals surface area contributed by atoms with Crippen LogP contribution in [0.15, 0.2) is 47.1 Å². The minimum absolute atomic E-state index is 0.0168. The first-order valence-electron chi connectivity index (χ1n) is 14.1. The third kappa shape index (κ3) is 3.98. The number of ether oxygens (including phenoxy) is 2. The Labute approximate surface area is 232 Å². The van der Waals surface area contributed by atoms with Crippen LogP contribution >= 0.6 is 0 Å². The van der Waals surface area contributed by atoms with E-state index in [4.69, 9.17) is 9.47 Å². The highest BCUT2D eigenvalue weighted by Crippen LogP contribution is 2.63. The second-order valence-electron chi connectivity index (χ2n) is 11.3. The van der Waals surface area contributed by atoms with E-state index in [1.165, 1.54) is 0 Å². The first-order valence-corrected chi connectivity index (χ1v) is 14.1. The number of allylic oxidation sites excluding steroid dienone is 2. The zero-order valence-corrected chi connectivity index (χ0v) is 22.5. The zero-order chi connectivity index (χ0) is 27.4. The van der Waals surface area contributed by atoms with Crippen molar-refractivity contribution in [3.63, 3.8) is 0 Å². The van der Waals surface area contributed by atoms with Gasteiger partial charge < -0.3 is 25.0 Å². The average molecular weight is 541 g/mol. The number of hydrogen-bond acceptors (Lipinski definition) is 7. The Kier molecular flexibility index (Phi) is 5.91. The summed E-state index contributed by atoms with van der Waals surface area (Å²) < 4.78 is 11.5. The molecule has 9 heteroatoms. The Morgan fingerprint density at radius 1 is 1.18 bits per heavy atom. The molecule has 3 heterocycles. The maximum absolute atomic E-state index is 13.2. The average Bonchev–Trinajstić information content (AvgIpc) is 3.62. The van der Waals surface area contributed by atoms with Crippen LogP contribution in [0.25, 0.3) is 0 Å². The van der Waals surface area contributed by atoms with Crippen LogP contribution in [0.3, 0.4) is 0 Å². The van der Waals surface area contributed by atoms with Gasteiger partial charge in [-0.1, -0.05) is 6.07 Å². The number of ketones is 1. The maximum atomic E-state index is 13.2. The molecule has 9 nitrogen and oxygen atoms in total. The highest BCUT2D eigenvalue weighted by atomic mass is 16.5. The minimum Gasteiger partial charge on any atom is -0.493 e. The number of fused-ring (bicyclic) bond motifs is 3. The second-order valence-corrected chi connectivity index (χ2v) is 11.3. The Hall–Kier alpha value is -4.14. The molecule has 1 spiro atoms. The van der Waals surface area contributed by atoms with Gasteiger partial charge in [0.15, 0.2) is 17.3 Å². The fraction of sp³-hybridized carbons (Fsp3) is 0.419. The molecule has 3 aliphatic heterocycles. The summed E-state index contributed by atoms with van der Waals surface area (Å²) in [6, 6.07) is 9.16. The number of anilines is 1. The summed E-state index contributed by atoms with van der Waals surface area (Å²) in [4.78, 5) is 45.1. The summed E-state index contributed by atoms with van der Waals surface area (Å²) >= 11 is 0. The first kappa shape index (κ1) is 24.9. The van der Waals surface area contributed by atoms with Crippen LogP contribution in [0, 0.1) is 5.92 Å². The lowest BCUT2D eigenvalue weighted by molar-refractivity contribution is -0.116. The monoisotopic (exact) mass is 540 g/mol. The predicted octanol–water partition coefficient (Wildman–Crippen LogP) is 4.14. The molecule has 206 valence electrons. The summed E-state index contributed by atoms with van der Waals surface area (Å²) in [6.45, 7) is 1.94. The minimum atomic E-state index is -0.145. The molecule has 2 aliphatic carbocycles. The van der Waals surface area contributed by atoms with Crippen LogP contribution in [0.1, 0.15) is 64.8 Å². The summed E-state index contributed by atoms with van der Waals surface area (Å²) in [5, 5.41) is 6.30. The molecule has 0 bridgehead atoms. The van der Waals surface area contributed by atoms with Gasteiger partial charge in [0.05, 0.1) is 31.0 Å². The quantitative estimate of drug-likeness (QED) is 0.511. The highest BCUT2D eigenvalue weighted by molar-refractivity contribution is 6.09. The van der Waals surface area contributed by atoms with Crippen molar-refractivity contribution in [1.29, 1.82) is 0 Å². The third-order valence-corrected chi connectivity index (χ3v) is 8.96. The molecule has 2 amide bonds. The molecule has 3 fully saturated rings. The van der Waals surface area contributed by atoms with Crippen molar-refractivity contribution in [1.82, 2.24) is 10.2 Å². The van der Waals surface area contributed by atoms with Gasteiger partial charge in [-0.05, 0) is 61.8 Å². The standard InChI is InChI=1S/C31H32N4O5/c1-39-26-12-22-24(32-17-20-5-2-3-9-35(20)30(22)38)13-27(26)40-10-4-6-29(37)34-19-7-8-23-21(11-19)25(36)14-28-31(23)15-18(31)16-33-28/h7-8,11-14,17-18,20,33H,2-6,9-10,15-16H2,1H3,(H,34,37). The van der Waals surface area contributed by atoms with Gasteiger partial charge >= 0.3 is 0 Å². The van der Waals surface area contributed by atoms with E-state index in [9.17, 15) is 14.4 Å². The number of nitrogens with one attached hydrogen (secondary N) is 2. The van der Waals surface area contributed by atoms with Crippen LogP contribution < -0.4 is 20.1 Å². The summed E-state index contributed by atoms with van der Waals surface area (Å²) in [7, 11) is 1.54. The molecule has 3 atom stereocenters. The molecule has 2 N–H and O–H groups in total. The smallest absolute Gasteiger partial charge is 0.256 e. The van der Waals surface area contributed by atoms with E-state index in [1.54, 1.807) is 31.4 Å². The number of rotatable bonds is 7. The molecule has 7 rings (SSSR count). The number of benzene rings is 2. The van der Waals surface area contributed by atoms with Crippen molar-refractivity contribution in [3.8, 4) is 11.5 Å². The Morgan fingerprint density at radius 3 is 2.92 bits per heavy atom. The number of piperidine rings is 2. The van der Waals surface area contributed by atoms with E-state index < -0.39 is 0 Å². The van der Waals surface area contributed by atoms with Crippen LogP contribution in [-0.2, 0) is 10.2 Å². The largest absolute Gasteiger partial charge is 0.493 e. The topological polar surface area (TPSA) is 109 Å². The Balaban J connectivity index is 0.974. The first-order chi connectivity index (χ1) is 19.5. The van der Waals surface area contributed by atoms with E-state index in [2.05, 4.69) is 15.6 Å². The zero-order valence-electron chi connectivity index (χ0n) is 22.5. The highest BCUT2D eigenvalue weighted by Gasteiger charge is 2.63. The Morgan fingerprint density at radius 2 is 2.08 bits per heavy atom. The molecule has 2 aromatic carbocycles. The number of methoxy groups -OCH3 is 1. The van der Waals surface area contributed by atoms with Gasteiger partial charge in [-0.15, -0.1) is 0 Å². The molecule has 2 saturated heterocycles. The van der Waals surface area contributed by atoms with E-state index in [-0.39, 0.29) is 35.5 Å². The van der Waals surface area contributed by atoms with Crippen molar-refractivity contribution in [2.45, 2.75) is 50.0 Å². The van der Waals surface area contributed by atoms with Gasteiger partial charge in [-0.25, -0.2) is 0 Å². The van der Waals surface area contributed by atoms with E-state index in [0.29, 0.717) is 52.9 Å². The van der Waals surface area contributed by atoms with Crippen LogP contribution in [0.2, 0.25) is 0 Å². The normalized spacial score (nSPS) is 25.3. The van der Waals surface area contributed by atoms with Crippen molar-refractivity contribution >= 4 is 35.2 Å². The van der Waals surface area contributed by atoms with E-state index in [1.807, 2.05) is 23.2 Å². The van der Waals surface area contributed by atoms with Crippen LogP contribution in [0.5, 0.6) is 11.5 Å². The van der Waals surface area contributed by atoms with Gasteiger partial charge in [-0.2, -0.15) is 0 Å². The van der Waals surface area contributed by atoms with E-state index >= 15 is 0 Å². The molecular weight excluding hydrogens is 508 g/mol. The Bertz CT molecular complexity index is 1500. The van der Waals surface area contributed by atoms with Crippen molar-refractivity contribution < 1.29 is 23.9 Å². The molecule has 3 unspecified atom stereocenters. The molecular formula is C31H32N4O5. The second kappa shape index (κ2) is 9.50. The van der Waals surface area contributed by atoms with Gasteiger partial charge in [0, 0.05) is 60.2 Å². The number of hydrogen-bond donors (Lipinski definition) is 2. The molecule has 2 aromatic rings. The molecule has 40 heavy (non-hydrogen) atoms. The van der Waals surface area contributed by atoms with Crippen molar-refractivity contribution in [3.05, 3.63) is 58.8 Å². The van der Waals surface area contributed by atoms with E-state index in [0.717, 1.165) is 50.0 Å². The SMILES string of the molecule is COc1cc2c(cc1OCCCC(=O)Nc1ccc3c(c1)C(=O)C=C1NCC4CC134)N=CC1CCCCN1C2=O. The summed E-state index contributed by atoms with van der Waals surface area (Å²) in [5.41, 5.74) is 4.50. The van der Waals surface area contributed by atoms with Crippen LogP contribution in [0.4, 0.5) is 11.4 Å². The van der Waals surface area contributed by atoms with Crippen LogP contribution in [-0.4, -0.2) is 61.6 Å². The predicted molar refractivity (Wildman–Crippen MR) is 150 cm³/mol. The summed E-state index contributed by atoms with van der Waals surface area (Å²) in [5.74, 6) is 1.32. The van der Waals surface area contributed by atoms with Crippen molar-refractivity contribution in [2.24, 2.45) is 10.9 Å². The van der Waals surface area contributed by atoms with Gasteiger partial charge in [0.25, 0.3) is 5.91 Å².